The molecule has 0 bridgehead atoms. The van der Waals surface area contributed by atoms with E-state index in [0.29, 0.717) is 0 Å². The van der Waals surface area contributed by atoms with Crippen molar-refractivity contribution in [3.05, 3.63) is 42.1 Å². The van der Waals surface area contributed by atoms with Gasteiger partial charge in [0.25, 0.3) is 0 Å². The molecule has 0 amide bonds. The molecule has 0 unspecified atom stereocenters. The Morgan fingerprint density at radius 3 is 3.00 bits per heavy atom. The Kier molecular flexibility index (Phi) is 2.72. The first-order valence-corrected chi connectivity index (χ1v) is 4.95. The topological polar surface area (TPSA) is 29.3 Å². The normalized spacial score (nSPS) is 14.9. The van der Waals surface area contributed by atoms with Gasteiger partial charge in [-0.3, -0.25) is 0 Å². The zero-order valence-electron chi connectivity index (χ0n) is 8.97. The minimum atomic E-state index is 0.799. The maximum absolute atomic E-state index is 5.20. The van der Waals surface area contributed by atoms with Gasteiger partial charge in [-0.05, 0) is 12.0 Å². The van der Waals surface area contributed by atoms with Crippen molar-refractivity contribution < 1.29 is 4.52 Å². The molecule has 2 rings (SSSR count). The summed E-state index contributed by atoms with van der Waals surface area (Å²) in [5.74, 6) is 0.799. The van der Waals surface area contributed by atoms with Crippen LogP contribution in [0.2, 0.25) is 0 Å². The van der Waals surface area contributed by atoms with Crippen LogP contribution in [0, 0.1) is 0 Å². The lowest BCUT2D eigenvalue weighted by Gasteiger charge is -2.09. The summed E-state index contributed by atoms with van der Waals surface area (Å²) in [6, 6.07) is 0. The number of nitrogens with zero attached hydrogens (tertiary/aromatic N) is 2. The Morgan fingerprint density at radius 2 is 2.20 bits per heavy atom. The van der Waals surface area contributed by atoms with E-state index >= 15 is 0 Å². The van der Waals surface area contributed by atoms with Crippen LogP contribution in [0.5, 0.6) is 0 Å². The second-order valence-electron chi connectivity index (χ2n) is 3.62. The quantitative estimate of drug-likeness (QED) is 0.738. The van der Waals surface area contributed by atoms with Crippen LogP contribution < -0.4 is 4.90 Å². The summed E-state index contributed by atoms with van der Waals surface area (Å²) in [5.41, 5.74) is 2.20. The first-order chi connectivity index (χ1) is 7.29. The molecular weight excluding hydrogens is 188 g/mol. The maximum Gasteiger partial charge on any atom is 0.234 e. The second-order valence-corrected chi connectivity index (χ2v) is 3.62. The van der Waals surface area contributed by atoms with Gasteiger partial charge in [0.1, 0.15) is 0 Å². The highest BCUT2D eigenvalue weighted by Gasteiger charge is 2.12. The van der Waals surface area contributed by atoms with Gasteiger partial charge >= 0.3 is 0 Å². The van der Waals surface area contributed by atoms with Crippen molar-refractivity contribution in [3.63, 3.8) is 0 Å². The lowest BCUT2D eigenvalue weighted by molar-refractivity contribution is 0.423. The molecule has 0 atom stereocenters. The van der Waals surface area contributed by atoms with E-state index in [-0.39, 0.29) is 0 Å². The predicted molar refractivity (Wildman–Crippen MR) is 61.7 cm³/mol. The van der Waals surface area contributed by atoms with Crippen molar-refractivity contribution in [1.82, 2.24) is 5.16 Å². The fourth-order valence-corrected chi connectivity index (χ4v) is 1.53. The molecule has 15 heavy (non-hydrogen) atoms. The van der Waals surface area contributed by atoms with E-state index in [1.165, 1.54) is 0 Å². The van der Waals surface area contributed by atoms with Gasteiger partial charge < -0.3 is 9.42 Å². The predicted octanol–water partition coefficient (Wildman–Crippen LogP) is 2.64. The lowest BCUT2D eigenvalue weighted by atomic mass is 10.1. The number of aromatic nitrogens is 1. The summed E-state index contributed by atoms with van der Waals surface area (Å²) in [4.78, 5) is 1.93. The Balaban J connectivity index is 2.37. The molecule has 3 nitrogen and oxygen atoms in total. The van der Waals surface area contributed by atoms with Gasteiger partial charge in [0.05, 0.1) is 11.8 Å². The molecule has 0 aromatic carbocycles. The summed E-state index contributed by atoms with van der Waals surface area (Å²) in [6.45, 7) is 0. The van der Waals surface area contributed by atoms with Gasteiger partial charge in [0.15, 0.2) is 0 Å². The number of rotatable bonds is 2. The van der Waals surface area contributed by atoms with Crippen LogP contribution in [0.3, 0.4) is 0 Å². The highest BCUT2D eigenvalue weighted by Crippen LogP contribution is 2.27. The maximum atomic E-state index is 5.20. The molecule has 0 fully saturated rings. The third-order valence-corrected chi connectivity index (χ3v) is 2.27. The molecule has 1 heterocycles. The molecular formula is C12H14N2O. The molecule has 0 N–H and O–H groups in total. The molecule has 1 aromatic heterocycles. The molecule has 1 aliphatic rings. The minimum absolute atomic E-state index is 0.799. The average Bonchev–Trinajstić information content (AvgIpc) is 2.55. The zero-order valence-corrected chi connectivity index (χ0v) is 8.97. The highest BCUT2D eigenvalue weighted by atomic mass is 16.5. The third-order valence-electron chi connectivity index (χ3n) is 2.27. The number of hydrogen-bond donors (Lipinski definition) is 0. The minimum Gasteiger partial charge on any atom is -0.346 e. The fraction of sp³-hybridized carbons (Fsp3) is 0.250. The Morgan fingerprint density at radius 1 is 1.33 bits per heavy atom. The van der Waals surface area contributed by atoms with Crippen LogP contribution in [0.4, 0.5) is 5.88 Å². The standard InChI is InChI=1S/C12H14N2O/c1-14(2)12-11(9-13-15-12)10-7-5-3-4-6-8-10/h3-5,7-9H,6H2,1-2H3. The van der Waals surface area contributed by atoms with E-state index in [2.05, 4.69) is 23.4 Å². The number of allylic oxidation sites excluding steroid dienone is 6. The van der Waals surface area contributed by atoms with Crippen molar-refractivity contribution in [1.29, 1.82) is 0 Å². The van der Waals surface area contributed by atoms with Gasteiger partial charge in [0.2, 0.25) is 5.88 Å². The lowest BCUT2D eigenvalue weighted by Crippen LogP contribution is -2.09. The smallest absolute Gasteiger partial charge is 0.234 e. The van der Waals surface area contributed by atoms with E-state index < -0.39 is 0 Å². The van der Waals surface area contributed by atoms with Crippen LogP contribution in [0.15, 0.2) is 41.1 Å². The summed E-state index contributed by atoms with van der Waals surface area (Å²) >= 11 is 0. The molecule has 0 saturated carbocycles. The zero-order chi connectivity index (χ0) is 10.7. The molecule has 1 aliphatic carbocycles. The van der Waals surface area contributed by atoms with Crippen molar-refractivity contribution in [2.45, 2.75) is 6.42 Å². The monoisotopic (exact) mass is 202 g/mol. The van der Waals surface area contributed by atoms with Gasteiger partial charge in [0, 0.05) is 14.1 Å². The Bertz CT molecular complexity index is 425. The van der Waals surface area contributed by atoms with Crippen LogP contribution in [0.25, 0.3) is 5.57 Å². The van der Waals surface area contributed by atoms with E-state index in [1.807, 2.05) is 31.1 Å². The molecule has 0 aliphatic heterocycles. The van der Waals surface area contributed by atoms with E-state index in [0.717, 1.165) is 23.4 Å². The van der Waals surface area contributed by atoms with Gasteiger partial charge in [-0.15, -0.1) is 0 Å². The first-order valence-electron chi connectivity index (χ1n) is 4.95. The summed E-state index contributed by atoms with van der Waals surface area (Å²) < 4.78 is 5.20. The van der Waals surface area contributed by atoms with Crippen LogP contribution in [-0.2, 0) is 0 Å². The summed E-state index contributed by atoms with van der Waals surface area (Å²) in [6.07, 6.45) is 13.1. The number of anilines is 1. The SMILES string of the molecule is CN(C)c1oncc1C1=CCC=CC=C1. The van der Waals surface area contributed by atoms with Gasteiger partial charge in [-0.2, -0.15) is 0 Å². The first kappa shape index (κ1) is 9.77. The average molecular weight is 202 g/mol. The largest absolute Gasteiger partial charge is 0.346 e. The second kappa shape index (κ2) is 4.17. The van der Waals surface area contributed by atoms with E-state index in [4.69, 9.17) is 4.52 Å². The summed E-state index contributed by atoms with van der Waals surface area (Å²) in [7, 11) is 3.90. The van der Waals surface area contributed by atoms with Gasteiger partial charge in [-0.1, -0.05) is 35.5 Å². The van der Waals surface area contributed by atoms with Crippen molar-refractivity contribution in [3.8, 4) is 0 Å². The van der Waals surface area contributed by atoms with Crippen LogP contribution in [-0.4, -0.2) is 19.3 Å². The van der Waals surface area contributed by atoms with Crippen molar-refractivity contribution in [2.24, 2.45) is 0 Å². The number of hydrogen-bond acceptors (Lipinski definition) is 3. The molecule has 3 heteroatoms. The highest BCUT2D eigenvalue weighted by molar-refractivity contribution is 5.80. The van der Waals surface area contributed by atoms with Crippen molar-refractivity contribution in [2.75, 3.05) is 19.0 Å². The fourth-order valence-electron chi connectivity index (χ4n) is 1.53. The van der Waals surface area contributed by atoms with Gasteiger partial charge in [-0.25, -0.2) is 0 Å². The summed E-state index contributed by atoms with van der Waals surface area (Å²) in [5, 5.41) is 3.84. The van der Waals surface area contributed by atoms with Crippen LogP contribution in [0.1, 0.15) is 12.0 Å². The molecule has 1 aromatic rings. The molecule has 0 saturated heterocycles. The Labute approximate surface area is 89.4 Å². The molecule has 78 valence electrons. The van der Waals surface area contributed by atoms with E-state index in [9.17, 15) is 0 Å². The van der Waals surface area contributed by atoms with E-state index in [1.54, 1.807) is 6.20 Å². The van der Waals surface area contributed by atoms with Crippen LogP contribution >= 0.6 is 0 Å². The third kappa shape index (κ3) is 2.01. The molecule has 0 spiro atoms. The molecule has 0 radical (unpaired) electrons. The van der Waals surface area contributed by atoms with Crippen molar-refractivity contribution >= 4 is 11.5 Å². The Hall–Kier alpha value is -1.77.